The van der Waals surface area contributed by atoms with Gasteiger partial charge in [-0.3, -0.25) is 37.3 Å². The summed E-state index contributed by atoms with van der Waals surface area (Å²) in [5, 5.41) is 10.5. The number of esters is 4. The Morgan fingerprint density at radius 3 is 0.800 bits per heavy atom. The van der Waals surface area contributed by atoms with Gasteiger partial charge in [-0.25, -0.2) is 9.13 Å². The summed E-state index contributed by atoms with van der Waals surface area (Å²) in [6, 6.07) is 0. The number of rotatable bonds is 64. The van der Waals surface area contributed by atoms with Crippen molar-refractivity contribution in [2.75, 3.05) is 39.6 Å². The second-order valence-electron chi connectivity index (χ2n) is 25.3. The molecule has 0 rings (SSSR count). The molecule has 0 aliphatic rings. The minimum absolute atomic E-state index is 0.103. The summed E-state index contributed by atoms with van der Waals surface area (Å²) >= 11 is 0. The second kappa shape index (κ2) is 57.2. The highest BCUT2D eigenvalue weighted by atomic mass is 31.2. The van der Waals surface area contributed by atoms with Gasteiger partial charge in [0.1, 0.15) is 19.3 Å². The Morgan fingerprint density at radius 1 is 0.318 bits per heavy atom. The Bertz CT molecular complexity index is 1680. The van der Waals surface area contributed by atoms with Crippen molar-refractivity contribution in [3.8, 4) is 0 Å². The van der Waals surface area contributed by atoms with Crippen LogP contribution in [0.3, 0.4) is 0 Å². The first-order valence-electron chi connectivity index (χ1n) is 34.3. The minimum Gasteiger partial charge on any atom is -0.462 e. The molecule has 0 aromatic rings. The number of carbonyl (C=O) groups excluding carboxylic acids is 4. The first-order valence-corrected chi connectivity index (χ1v) is 37.3. The second-order valence-corrected chi connectivity index (χ2v) is 28.2. The number of hydrogen-bond donors (Lipinski definition) is 3. The van der Waals surface area contributed by atoms with Gasteiger partial charge in [0.25, 0.3) is 0 Å². The SMILES string of the molecule is CCCCCCCCCC(=O)OC[C@H](COP(=O)(O)OC[C@H](O)COP(=O)(O)OC[C@@H](COC(=O)CCCCCCCCCC(C)C)OC(=O)CCCCCCCCCCCCCCCCCC(C)C)OC(=O)CCCCCCCCCC(C)C. The predicted molar refractivity (Wildman–Crippen MR) is 340 cm³/mol. The van der Waals surface area contributed by atoms with Gasteiger partial charge in [0, 0.05) is 25.7 Å². The maximum atomic E-state index is 13.0. The highest BCUT2D eigenvalue weighted by Gasteiger charge is 2.30. The summed E-state index contributed by atoms with van der Waals surface area (Å²) in [4.78, 5) is 72.1. The number of unbranched alkanes of at least 4 members (excludes halogenated alkanes) is 32. The molecule has 0 saturated carbocycles. The fourth-order valence-electron chi connectivity index (χ4n) is 9.83. The van der Waals surface area contributed by atoms with E-state index in [1.54, 1.807) is 0 Å². The molecule has 0 aromatic heterocycles. The number of aliphatic hydroxyl groups is 1. The van der Waals surface area contributed by atoms with Crippen LogP contribution in [0.2, 0.25) is 0 Å². The first-order chi connectivity index (χ1) is 40.7. The van der Waals surface area contributed by atoms with Crippen molar-refractivity contribution in [1.82, 2.24) is 0 Å². The Labute approximate surface area is 517 Å². The molecule has 0 bridgehead atoms. The molecule has 0 aliphatic carbocycles. The molecule has 5 atom stereocenters. The van der Waals surface area contributed by atoms with Crippen molar-refractivity contribution in [3.63, 3.8) is 0 Å². The van der Waals surface area contributed by atoms with Crippen LogP contribution in [-0.2, 0) is 65.4 Å². The molecule has 0 amide bonds. The summed E-state index contributed by atoms with van der Waals surface area (Å²) in [7, 11) is -9.89. The van der Waals surface area contributed by atoms with Crippen LogP contribution in [0.5, 0.6) is 0 Å². The van der Waals surface area contributed by atoms with Gasteiger partial charge < -0.3 is 33.8 Å². The molecule has 3 N–H and O–H groups in total. The zero-order valence-corrected chi connectivity index (χ0v) is 56.9. The summed E-state index contributed by atoms with van der Waals surface area (Å²) in [5.41, 5.74) is 0. The third-order valence-corrected chi connectivity index (χ3v) is 17.0. The first kappa shape index (κ1) is 83.1. The van der Waals surface area contributed by atoms with Crippen molar-refractivity contribution in [2.45, 2.75) is 343 Å². The van der Waals surface area contributed by atoms with Crippen LogP contribution in [0.4, 0.5) is 0 Å². The maximum Gasteiger partial charge on any atom is 0.472 e. The quantitative estimate of drug-likeness (QED) is 0.0222. The van der Waals surface area contributed by atoms with Crippen LogP contribution in [0, 0.1) is 17.8 Å². The van der Waals surface area contributed by atoms with Gasteiger partial charge >= 0.3 is 39.5 Å². The van der Waals surface area contributed by atoms with Crippen molar-refractivity contribution >= 4 is 39.5 Å². The number of aliphatic hydroxyl groups excluding tert-OH is 1. The van der Waals surface area contributed by atoms with Crippen LogP contribution >= 0.6 is 15.6 Å². The van der Waals surface area contributed by atoms with E-state index in [2.05, 4.69) is 48.5 Å². The molecule has 0 radical (unpaired) electrons. The third-order valence-electron chi connectivity index (χ3n) is 15.1. The Kier molecular flexibility index (Phi) is 55.9. The standard InChI is InChI=1S/C66H128O17P2/c1-8-9-10-11-23-33-40-47-63(68)76-53-61(83-66(71)50-43-36-29-22-26-32-39-46-59(6)7)55-80-84(72,73)78-51-60(67)52-79-85(74,75)81-56-62(54-77-64(69)48-41-34-28-21-25-31-38-45-58(4)5)82-65(70)49-42-35-27-20-18-16-14-12-13-15-17-19-24-30-37-44-57(2)3/h57-62,67H,8-56H2,1-7H3,(H,72,73)(H,74,75)/t60-,61+,62+/m0/s1. The molecule has 0 aromatic carbocycles. The lowest BCUT2D eigenvalue weighted by Crippen LogP contribution is -2.30. The molecule has 0 fully saturated rings. The fourth-order valence-corrected chi connectivity index (χ4v) is 11.4. The van der Waals surface area contributed by atoms with Gasteiger partial charge in [0.2, 0.25) is 0 Å². The van der Waals surface area contributed by atoms with Crippen LogP contribution in [-0.4, -0.2) is 96.7 Å². The lowest BCUT2D eigenvalue weighted by molar-refractivity contribution is -0.161. The predicted octanol–water partition coefficient (Wildman–Crippen LogP) is 18.3. The van der Waals surface area contributed by atoms with E-state index in [9.17, 15) is 43.2 Å². The molecule has 85 heavy (non-hydrogen) atoms. The molecule has 19 heteroatoms. The highest BCUT2D eigenvalue weighted by Crippen LogP contribution is 2.45. The number of phosphoric ester groups is 2. The molecular weight excluding hydrogens is 1130 g/mol. The summed E-state index contributed by atoms with van der Waals surface area (Å²) in [6.45, 7) is 11.7. The molecule has 0 spiro atoms. The molecule has 0 heterocycles. The van der Waals surface area contributed by atoms with Gasteiger partial charge in [-0.2, -0.15) is 0 Å². The molecular formula is C66H128O17P2. The highest BCUT2D eigenvalue weighted by molar-refractivity contribution is 7.47. The Morgan fingerprint density at radius 2 is 0.541 bits per heavy atom. The molecule has 17 nitrogen and oxygen atoms in total. The Balaban J connectivity index is 5.17. The summed E-state index contributed by atoms with van der Waals surface area (Å²) in [6.07, 6.45) is 39.3. The van der Waals surface area contributed by atoms with E-state index in [1.165, 1.54) is 116 Å². The van der Waals surface area contributed by atoms with E-state index in [1.807, 2.05) is 0 Å². The average molecular weight is 1260 g/mol. The van der Waals surface area contributed by atoms with E-state index < -0.39 is 97.5 Å². The fraction of sp³-hybridized carbons (Fsp3) is 0.939. The topological polar surface area (TPSA) is 237 Å². The smallest absolute Gasteiger partial charge is 0.462 e. The van der Waals surface area contributed by atoms with Crippen molar-refractivity contribution in [3.05, 3.63) is 0 Å². The monoisotopic (exact) mass is 1250 g/mol. The minimum atomic E-state index is -4.95. The summed E-state index contributed by atoms with van der Waals surface area (Å²) in [5.74, 6) is 0.0638. The van der Waals surface area contributed by atoms with Crippen LogP contribution < -0.4 is 0 Å². The van der Waals surface area contributed by atoms with Gasteiger partial charge in [-0.15, -0.1) is 0 Å². The third kappa shape index (κ3) is 60.7. The average Bonchev–Trinajstić information content (AvgIpc) is 3.47. The molecule has 0 saturated heterocycles. The number of hydrogen-bond acceptors (Lipinski definition) is 15. The molecule has 2 unspecified atom stereocenters. The summed E-state index contributed by atoms with van der Waals surface area (Å²) < 4.78 is 67.9. The zero-order chi connectivity index (χ0) is 63.1. The number of phosphoric acid groups is 2. The number of ether oxygens (including phenoxy) is 4. The van der Waals surface area contributed by atoms with E-state index >= 15 is 0 Å². The van der Waals surface area contributed by atoms with Crippen molar-refractivity contribution < 1.29 is 80.2 Å². The molecule has 504 valence electrons. The van der Waals surface area contributed by atoms with E-state index in [0.717, 1.165) is 115 Å². The van der Waals surface area contributed by atoms with E-state index in [-0.39, 0.29) is 25.7 Å². The normalized spacial score (nSPS) is 14.3. The van der Waals surface area contributed by atoms with Gasteiger partial charge in [-0.05, 0) is 43.4 Å². The number of carbonyl (C=O) groups is 4. The van der Waals surface area contributed by atoms with Gasteiger partial charge in [-0.1, -0.05) is 273 Å². The largest absolute Gasteiger partial charge is 0.472 e. The van der Waals surface area contributed by atoms with Crippen molar-refractivity contribution in [1.29, 1.82) is 0 Å². The lowest BCUT2D eigenvalue weighted by Gasteiger charge is -2.21. The van der Waals surface area contributed by atoms with Crippen LogP contribution in [0.15, 0.2) is 0 Å². The van der Waals surface area contributed by atoms with Crippen LogP contribution in [0.25, 0.3) is 0 Å². The zero-order valence-electron chi connectivity index (χ0n) is 55.1. The maximum absolute atomic E-state index is 13.0. The van der Waals surface area contributed by atoms with Crippen molar-refractivity contribution in [2.24, 2.45) is 17.8 Å². The lowest BCUT2D eigenvalue weighted by atomic mass is 10.0. The van der Waals surface area contributed by atoms with Gasteiger partial charge in [0.15, 0.2) is 12.2 Å². The van der Waals surface area contributed by atoms with E-state index in [4.69, 9.17) is 37.0 Å². The van der Waals surface area contributed by atoms with E-state index in [0.29, 0.717) is 37.5 Å². The Hall–Kier alpha value is -1.94. The van der Waals surface area contributed by atoms with Crippen LogP contribution in [0.1, 0.15) is 325 Å². The van der Waals surface area contributed by atoms with Gasteiger partial charge in [0.05, 0.1) is 26.4 Å². The molecule has 0 aliphatic heterocycles.